The minimum atomic E-state index is -3.57. The average Bonchev–Trinajstić information content (AvgIpc) is 3.32. The first-order valence-corrected chi connectivity index (χ1v) is 10.7. The van der Waals surface area contributed by atoms with Crippen molar-refractivity contribution in [3.05, 3.63) is 29.3 Å². The van der Waals surface area contributed by atoms with Gasteiger partial charge in [0.25, 0.3) is 0 Å². The van der Waals surface area contributed by atoms with Crippen LogP contribution >= 0.6 is 0 Å². The largest absolute Gasteiger partial charge is 0.243 e. The molecule has 0 unspecified atom stereocenters. The molecular weight excluding hydrogens is 336 g/mol. The van der Waals surface area contributed by atoms with Crippen molar-refractivity contribution in [2.45, 2.75) is 36.8 Å². The topological polar surface area (TPSA) is 74.8 Å². The molecule has 1 saturated carbocycles. The van der Waals surface area contributed by atoms with Crippen LogP contribution in [0, 0.1) is 13.8 Å². The molecule has 1 heterocycles. The Kier molecular flexibility index (Phi) is 4.29. The fourth-order valence-corrected chi connectivity index (χ4v) is 6.42. The fourth-order valence-electron chi connectivity index (χ4n) is 2.97. The van der Waals surface area contributed by atoms with Gasteiger partial charge in [-0.2, -0.15) is 8.61 Å². The molecule has 2 fully saturated rings. The summed E-state index contributed by atoms with van der Waals surface area (Å²) < 4.78 is 52.8. The monoisotopic (exact) mass is 358 g/mol. The van der Waals surface area contributed by atoms with Gasteiger partial charge in [-0.15, -0.1) is 0 Å². The molecule has 0 amide bonds. The standard InChI is InChI=1S/C15H22N2O4S2/c1-12-3-6-15(13(2)11-12)23(20,21)17-9-7-16(8-10-17)22(18,19)14-4-5-14/h3,6,11,14H,4-5,7-10H2,1-2H3. The molecular formula is C15H22N2O4S2. The maximum absolute atomic E-state index is 12.8. The Morgan fingerprint density at radius 3 is 2.00 bits per heavy atom. The van der Waals surface area contributed by atoms with E-state index in [-0.39, 0.29) is 31.4 Å². The highest BCUT2D eigenvalue weighted by molar-refractivity contribution is 7.90. The SMILES string of the molecule is Cc1ccc(S(=O)(=O)N2CCN(S(=O)(=O)C3CC3)CC2)c(C)c1. The summed E-state index contributed by atoms with van der Waals surface area (Å²) in [6, 6.07) is 5.27. The molecule has 1 aromatic carbocycles. The minimum absolute atomic E-state index is 0.210. The van der Waals surface area contributed by atoms with Crippen LogP contribution < -0.4 is 0 Å². The summed E-state index contributed by atoms with van der Waals surface area (Å²) in [4.78, 5) is 0.307. The predicted octanol–water partition coefficient (Wildman–Crippen LogP) is 1.10. The van der Waals surface area contributed by atoms with Crippen molar-refractivity contribution in [3.63, 3.8) is 0 Å². The predicted molar refractivity (Wildman–Crippen MR) is 88.2 cm³/mol. The lowest BCUT2D eigenvalue weighted by Gasteiger charge is -2.33. The van der Waals surface area contributed by atoms with Gasteiger partial charge in [-0.3, -0.25) is 0 Å². The van der Waals surface area contributed by atoms with Crippen LogP contribution in [0.1, 0.15) is 24.0 Å². The number of benzene rings is 1. The summed E-state index contributed by atoms with van der Waals surface area (Å²) in [6.07, 6.45) is 1.45. The van der Waals surface area contributed by atoms with Crippen LogP contribution in [0.15, 0.2) is 23.1 Å². The van der Waals surface area contributed by atoms with Crippen molar-refractivity contribution >= 4 is 20.0 Å². The lowest BCUT2D eigenvalue weighted by molar-refractivity contribution is 0.272. The molecule has 6 nitrogen and oxygen atoms in total. The summed E-state index contributed by atoms with van der Waals surface area (Å²) >= 11 is 0. The number of aryl methyl sites for hydroxylation is 2. The highest BCUT2D eigenvalue weighted by atomic mass is 32.2. The Morgan fingerprint density at radius 1 is 0.913 bits per heavy atom. The molecule has 1 aromatic rings. The summed E-state index contributed by atoms with van der Waals surface area (Å²) in [5.74, 6) is 0. The molecule has 0 bridgehead atoms. The van der Waals surface area contributed by atoms with E-state index in [0.717, 1.165) is 24.0 Å². The van der Waals surface area contributed by atoms with Gasteiger partial charge in [-0.1, -0.05) is 17.7 Å². The van der Waals surface area contributed by atoms with Crippen molar-refractivity contribution in [2.75, 3.05) is 26.2 Å². The highest BCUT2D eigenvalue weighted by Gasteiger charge is 2.42. The van der Waals surface area contributed by atoms with Gasteiger partial charge in [0.1, 0.15) is 0 Å². The molecule has 23 heavy (non-hydrogen) atoms. The third-order valence-corrected chi connectivity index (χ3v) is 8.91. The number of rotatable bonds is 4. The Bertz CT molecular complexity index is 806. The highest BCUT2D eigenvalue weighted by Crippen LogP contribution is 2.32. The summed E-state index contributed by atoms with van der Waals surface area (Å²) in [5, 5.41) is -0.245. The fraction of sp³-hybridized carbons (Fsp3) is 0.600. The zero-order valence-electron chi connectivity index (χ0n) is 13.4. The number of hydrogen-bond donors (Lipinski definition) is 0. The van der Waals surface area contributed by atoms with E-state index in [4.69, 9.17) is 0 Å². The first kappa shape index (κ1) is 16.9. The molecule has 0 aromatic heterocycles. The van der Waals surface area contributed by atoms with E-state index in [1.54, 1.807) is 19.1 Å². The van der Waals surface area contributed by atoms with Crippen LogP contribution in [-0.4, -0.2) is 56.9 Å². The lowest BCUT2D eigenvalue weighted by atomic mass is 10.2. The molecule has 2 aliphatic rings. The second-order valence-electron chi connectivity index (χ2n) is 6.32. The van der Waals surface area contributed by atoms with E-state index < -0.39 is 20.0 Å². The molecule has 0 atom stereocenters. The smallest absolute Gasteiger partial charge is 0.212 e. The van der Waals surface area contributed by atoms with E-state index in [9.17, 15) is 16.8 Å². The molecule has 8 heteroatoms. The van der Waals surface area contributed by atoms with Crippen LogP contribution in [0.2, 0.25) is 0 Å². The maximum Gasteiger partial charge on any atom is 0.243 e. The molecule has 0 radical (unpaired) electrons. The van der Waals surface area contributed by atoms with E-state index in [2.05, 4.69) is 0 Å². The average molecular weight is 358 g/mol. The van der Waals surface area contributed by atoms with Gasteiger partial charge in [0.05, 0.1) is 10.1 Å². The molecule has 0 spiro atoms. The normalized spacial score (nSPS) is 21.5. The van der Waals surface area contributed by atoms with Crippen LogP contribution in [0.4, 0.5) is 0 Å². The molecule has 3 rings (SSSR count). The zero-order chi connectivity index (χ0) is 16.8. The van der Waals surface area contributed by atoms with Crippen LogP contribution in [0.5, 0.6) is 0 Å². The van der Waals surface area contributed by atoms with Crippen LogP contribution in [0.3, 0.4) is 0 Å². The van der Waals surface area contributed by atoms with Gasteiger partial charge >= 0.3 is 0 Å². The zero-order valence-corrected chi connectivity index (χ0v) is 15.0. The van der Waals surface area contributed by atoms with Gasteiger partial charge in [-0.25, -0.2) is 16.8 Å². The quantitative estimate of drug-likeness (QED) is 0.808. The minimum Gasteiger partial charge on any atom is -0.212 e. The Morgan fingerprint density at radius 2 is 1.48 bits per heavy atom. The second kappa shape index (κ2) is 5.84. The molecule has 1 saturated heterocycles. The Hall–Kier alpha value is -0.960. The van der Waals surface area contributed by atoms with Gasteiger partial charge in [0, 0.05) is 26.2 Å². The Labute approximate surface area is 138 Å². The van der Waals surface area contributed by atoms with Gasteiger partial charge in [-0.05, 0) is 38.3 Å². The van der Waals surface area contributed by atoms with Crippen molar-refractivity contribution in [2.24, 2.45) is 0 Å². The van der Waals surface area contributed by atoms with Crippen molar-refractivity contribution in [3.8, 4) is 0 Å². The third kappa shape index (κ3) is 3.17. The van der Waals surface area contributed by atoms with E-state index >= 15 is 0 Å². The van der Waals surface area contributed by atoms with Crippen LogP contribution in [-0.2, 0) is 20.0 Å². The number of hydrogen-bond acceptors (Lipinski definition) is 4. The van der Waals surface area contributed by atoms with E-state index in [1.807, 2.05) is 13.0 Å². The second-order valence-corrected chi connectivity index (χ2v) is 10.4. The van der Waals surface area contributed by atoms with Gasteiger partial charge in [0.2, 0.25) is 20.0 Å². The lowest BCUT2D eigenvalue weighted by Crippen LogP contribution is -2.51. The first-order chi connectivity index (χ1) is 10.7. The van der Waals surface area contributed by atoms with Gasteiger partial charge < -0.3 is 0 Å². The maximum atomic E-state index is 12.8. The number of nitrogens with zero attached hydrogens (tertiary/aromatic N) is 2. The summed E-state index contributed by atoms with van der Waals surface area (Å²) in [7, 11) is -6.80. The van der Waals surface area contributed by atoms with E-state index in [0.29, 0.717) is 4.90 Å². The Balaban J connectivity index is 1.76. The number of piperazine rings is 1. The van der Waals surface area contributed by atoms with Crippen molar-refractivity contribution < 1.29 is 16.8 Å². The summed E-state index contributed by atoms with van der Waals surface area (Å²) in [5.41, 5.74) is 1.74. The van der Waals surface area contributed by atoms with Crippen LogP contribution in [0.25, 0.3) is 0 Å². The van der Waals surface area contributed by atoms with E-state index in [1.165, 1.54) is 8.61 Å². The van der Waals surface area contributed by atoms with Crippen molar-refractivity contribution in [1.29, 1.82) is 0 Å². The molecule has 128 valence electrons. The third-order valence-electron chi connectivity index (χ3n) is 4.45. The van der Waals surface area contributed by atoms with Crippen molar-refractivity contribution in [1.82, 2.24) is 8.61 Å². The number of sulfonamides is 2. The molecule has 1 aliphatic carbocycles. The first-order valence-electron chi connectivity index (χ1n) is 7.79. The summed E-state index contributed by atoms with van der Waals surface area (Å²) in [6.45, 7) is 4.60. The molecule has 1 aliphatic heterocycles. The molecule has 0 N–H and O–H groups in total. The van der Waals surface area contributed by atoms with Gasteiger partial charge in [0.15, 0.2) is 0 Å².